The molecule has 2 aromatic carbocycles. The molecule has 0 unspecified atom stereocenters. The summed E-state index contributed by atoms with van der Waals surface area (Å²) in [5.74, 6) is 0.653. The van der Waals surface area contributed by atoms with E-state index >= 15 is 0 Å². The van der Waals surface area contributed by atoms with E-state index in [2.05, 4.69) is 0 Å². The molecule has 0 radical (unpaired) electrons. The zero-order valence-corrected chi connectivity index (χ0v) is 15.6. The average Bonchev–Trinajstić information content (AvgIpc) is 2.91. The molecule has 0 saturated heterocycles. The lowest BCUT2D eigenvalue weighted by Gasteiger charge is -2.14. The maximum atomic E-state index is 12.7. The predicted octanol–water partition coefficient (Wildman–Crippen LogP) is 4.17. The molecule has 138 valence electrons. The number of likely N-dealkylation sites (N-methyl/N-ethyl adjacent to an activating group) is 1. The van der Waals surface area contributed by atoms with Gasteiger partial charge in [-0.2, -0.15) is 0 Å². The average molecular weight is 363 g/mol. The number of methoxy groups -OCH3 is 1. The van der Waals surface area contributed by atoms with Gasteiger partial charge in [-0.25, -0.2) is 4.79 Å². The van der Waals surface area contributed by atoms with Gasteiger partial charge in [-0.1, -0.05) is 30.3 Å². The van der Waals surface area contributed by atoms with Gasteiger partial charge in [0.1, 0.15) is 11.5 Å². The molecular weight excluding hydrogens is 342 g/mol. The number of ether oxygens (including phenoxy) is 2. The van der Waals surface area contributed by atoms with Crippen molar-refractivity contribution in [2.24, 2.45) is 0 Å². The van der Waals surface area contributed by atoms with Crippen LogP contribution in [-0.2, 0) is 14.3 Å². The Morgan fingerprint density at radius 2 is 1.78 bits per heavy atom. The van der Waals surface area contributed by atoms with Gasteiger partial charge in [-0.05, 0) is 49.8 Å². The molecule has 0 bridgehead atoms. The molecule has 3 rings (SSSR count). The summed E-state index contributed by atoms with van der Waals surface area (Å²) in [6.45, 7) is 4.11. The molecule has 0 spiro atoms. The number of para-hydroxylation sites is 1. The van der Waals surface area contributed by atoms with Crippen molar-refractivity contribution in [3.05, 3.63) is 77.0 Å². The van der Waals surface area contributed by atoms with E-state index in [4.69, 9.17) is 9.47 Å². The van der Waals surface area contributed by atoms with Gasteiger partial charge in [-0.3, -0.25) is 4.79 Å². The Morgan fingerprint density at radius 1 is 1.07 bits per heavy atom. The summed E-state index contributed by atoms with van der Waals surface area (Å²) in [5.41, 5.74) is 2.01. The molecular formula is C22H21NO4. The van der Waals surface area contributed by atoms with Crippen LogP contribution < -0.4 is 4.74 Å². The van der Waals surface area contributed by atoms with Crippen LogP contribution in [0.4, 0.5) is 0 Å². The van der Waals surface area contributed by atoms with Crippen LogP contribution in [0.3, 0.4) is 0 Å². The van der Waals surface area contributed by atoms with Crippen LogP contribution in [0.5, 0.6) is 11.5 Å². The number of hydrogen-bond acceptors (Lipinski definition) is 4. The molecule has 27 heavy (non-hydrogen) atoms. The molecule has 2 aromatic rings. The van der Waals surface area contributed by atoms with E-state index in [1.54, 1.807) is 17.9 Å². The predicted molar refractivity (Wildman–Crippen MR) is 103 cm³/mol. The van der Waals surface area contributed by atoms with E-state index in [-0.39, 0.29) is 5.91 Å². The number of nitrogens with zero attached hydrogens (tertiary/aromatic N) is 1. The topological polar surface area (TPSA) is 55.8 Å². The third-order valence-electron chi connectivity index (χ3n) is 4.37. The maximum Gasteiger partial charge on any atom is 0.340 e. The van der Waals surface area contributed by atoms with Gasteiger partial charge in [0, 0.05) is 12.2 Å². The monoisotopic (exact) mass is 363 g/mol. The minimum atomic E-state index is -0.514. The van der Waals surface area contributed by atoms with Crippen molar-refractivity contribution in [3.8, 4) is 11.5 Å². The second-order valence-corrected chi connectivity index (χ2v) is 6.05. The molecule has 1 aliphatic rings. The minimum Gasteiger partial charge on any atom is -0.465 e. The molecule has 0 aliphatic carbocycles. The molecule has 1 heterocycles. The summed E-state index contributed by atoms with van der Waals surface area (Å²) < 4.78 is 10.7. The molecule has 0 atom stereocenters. The third-order valence-corrected chi connectivity index (χ3v) is 4.37. The molecule has 1 amide bonds. The number of carbonyl (C=O) groups is 2. The first-order valence-electron chi connectivity index (χ1n) is 8.71. The highest BCUT2D eigenvalue weighted by molar-refractivity contribution is 6.16. The summed E-state index contributed by atoms with van der Waals surface area (Å²) in [6.07, 6.45) is 1.70. The van der Waals surface area contributed by atoms with Crippen LogP contribution in [0.15, 0.2) is 71.4 Å². The SMILES string of the molecule is CCN1C(=O)/C(=C\c2cccc(Oc3ccccc3)c2)C(C(=O)OC)=C1C. The number of hydrogen-bond donors (Lipinski definition) is 0. The number of rotatable bonds is 5. The Labute approximate surface area is 158 Å². The molecule has 1 aliphatic heterocycles. The lowest BCUT2D eigenvalue weighted by Crippen LogP contribution is -2.24. The van der Waals surface area contributed by atoms with Gasteiger partial charge in [0.25, 0.3) is 5.91 Å². The van der Waals surface area contributed by atoms with Gasteiger partial charge in [0.05, 0.1) is 18.3 Å². The van der Waals surface area contributed by atoms with Crippen molar-refractivity contribution in [2.45, 2.75) is 13.8 Å². The second kappa shape index (κ2) is 7.91. The Morgan fingerprint density at radius 3 is 2.44 bits per heavy atom. The zero-order valence-electron chi connectivity index (χ0n) is 15.6. The van der Waals surface area contributed by atoms with Gasteiger partial charge in [0.2, 0.25) is 0 Å². The fraction of sp³-hybridized carbons (Fsp3) is 0.182. The first-order chi connectivity index (χ1) is 13.0. The Bertz CT molecular complexity index is 928. The maximum absolute atomic E-state index is 12.7. The quantitative estimate of drug-likeness (QED) is 0.591. The van der Waals surface area contributed by atoms with Crippen molar-refractivity contribution in [1.29, 1.82) is 0 Å². The van der Waals surface area contributed by atoms with Crippen LogP contribution >= 0.6 is 0 Å². The molecule has 0 aromatic heterocycles. The summed E-state index contributed by atoms with van der Waals surface area (Å²) in [5, 5.41) is 0. The molecule has 5 heteroatoms. The van der Waals surface area contributed by atoms with Crippen molar-refractivity contribution in [1.82, 2.24) is 4.90 Å². The normalized spacial score (nSPS) is 15.4. The van der Waals surface area contributed by atoms with E-state index in [1.165, 1.54) is 7.11 Å². The van der Waals surface area contributed by atoms with Crippen LogP contribution in [0.25, 0.3) is 6.08 Å². The highest BCUT2D eigenvalue weighted by Crippen LogP contribution is 2.32. The highest BCUT2D eigenvalue weighted by atomic mass is 16.5. The standard InChI is InChI=1S/C22H21NO4/c1-4-23-15(2)20(22(25)26-3)19(21(23)24)14-16-9-8-12-18(13-16)27-17-10-6-5-7-11-17/h5-14H,4H2,1-3H3/b19-14-. The van der Waals surface area contributed by atoms with Crippen LogP contribution in [-0.4, -0.2) is 30.4 Å². The summed E-state index contributed by atoms with van der Waals surface area (Å²) in [4.78, 5) is 26.5. The first kappa shape index (κ1) is 18.5. The van der Waals surface area contributed by atoms with Crippen LogP contribution in [0, 0.1) is 0 Å². The molecule has 0 fully saturated rings. The Kier molecular flexibility index (Phi) is 5.41. The lowest BCUT2D eigenvalue weighted by molar-refractivity contribution is -0.136. The van der Waals surface area contributed by atoms with Crippen LogP contribution in [0.2, 0.25) is 0 Å². The van der Waals surface area contributed by atoms with Gasteiger partial charge in [-0.15, -0.1) is 0 Å². The summed E-state index contributed by atoms with van der Waals surface area (Å²) >= 11 is 0. The number of carbonyl (C=O) groups excluding carboxylic acids is 2. The van der Waals surface area contributed by atoms with Crippen molar-refractivity contribution in [2.75, 3.05) is 13.7 Å². The van der Waals surface area contributed by atoms with E-state index in [0.29, 0.717) is 29.1 Å². The number of amides is 1. The van der Waals surface area contributed by atoms with E-state index in [1.807, 2.05) is 61.5 Å². The van der Waals surface area contributed by atoms with Crippen LogP contribution in [0.1, 0.15) is 19.4 Å². The zero-order chi connectivity index (χ0) is 19.4. The van der Waals surface area contributed by atoms with Gasteiger partial charge in [0.15, 0.2) is 0 Å². The lowest BCUT2D eigenvalue weighted by atomic mass is 10.0. The largest absolute Gasteiger partial charge is 0.465 e. The highest BCUT2D eigenvalue weighted by Gasteiger charge is 2.36. The molecule has 5 nitrogen and oxygen atoms in total. The van der Waals surface area contributed by atoms with E-state index < -0.39 is 5.97 Å². The molecule has 0 N–H and O–H groups in total. The fourth-order valence-corrected chi connectivity index (χ4v) is 3.07. The van der Waals surface area contributed by atoms with E-state index in [0.717, 1.165) is 11.3 Å². The smallest absolute Gasteiger partial charge is 0.340 e. The van der Waals surface area contributed by atoms with Gasteiger partial charge < -0.3 is 14.4 Å². The van der Waals surface area contributed by atoms with Crippen molar-refractivity contribution < 1.29 is 19.1 Å². The Hall–Kier alpha value is -3.34. The number of allylic oxidation sites excluding steroid dienone is 1. The second-order valence-electron chi connectivity index (χ2n) is 6.05. The summed E-state index contributed by atoms with van der Waals surface area (Å²) in [6, 6.07) is 16.8. The third kappa shape index (κ3) is 3.77. The van der Waals surface area contributed by atoms with Crippen molar-refractivity contribution in [3.63, 3.8) is 0 Å². The minimum absolute atomic E-state index is 0.204. The number of esters is 1. The first-order valence-corrected chi connectivity index (χ1v) is 8.71. The fourth-order valence-electron chi connectivity index (χ4n) is 3.07. The van der Waals surface area contributed by atoms with Crippen molar-refractivity contribution >= 4 is 18.0 Å². The molecule has 0 saturated carbocycles. The summed E-state index contributed by atoms with van der Waals surface area (Å²) in [7, 11) is 1.31. The van der Waals surface area contributed by atoms with E-state index in [9.17, 15) is 9.59 Å². The number of benzene rings is 2. The van der Waals surface area contributed by atoms with Gasteiger partial charge >= 0.3 is 5.97 Å². The Balaban J connectivity index is 1.96.